The Balaban J connectivity index is 1.54. The number of carbonyl (C=O) groups excluding carboxylic acids is 3. The van der Waals surface area contributed by atoms with Crippen LogP contribution in [0.5, 0.6) is 5.75 Å². The smallest absolute Gasteiger partial charge is 0.463 e. The summed E-state index contributed by atoms with van der Waals surface area (Å²) in [5.74, 6) is -0.963. The van der Waals surface area contributed by atoms with Crippen molar-refractivity contribution in [2.24, 2.45) is 10.2 Å². The molecule has 0 aliphatic rings. The third-order valence-electron chi connectivity index (χ3n) is 4.49. The van der Waals surface area contributed by atoms with Gasteiger partial charge in [-0.15, -0.1) is 10.2 Å². The highest BCUT2D eigenvalue weighted by Crippen LogP contribution is 2.26. The molecule has 0 aliphatic heterocycles. The average molecular weight is 528 g/mol. The molecular formula is C24H24N4O10. The third-order valence-corrected chi connectivity index (χ3v) is 4.49. The van der Waals surface area contributed by atoms with Crippen molar-refractivity contribution in [3.63, 3.8) is 0 Å². The summed E-state index contributed by atoms with van der Waals surface area (Å²) in [5, 5.41) is 18.7. The van der Waals surface area contributed by atoms with Crippen molar-refractivity contribution in [3.8, 4) is 5.75 Å². The van der Waals surface area contributed by atoms with Crippen molar-refractivity contribution < 1.29 is 42.4 Å². The lowest BCUT2D eigenvalue weighted by Crippen LogP contribution is -2.36. The molecule has 0 spiro atoms. The Morgan fingerprint density at radius 1 is 1.08 bits per heavy atom. The molecule has 0 unspecified atom stereocenters. The molecule has 200 valence electrons. The number of amides is 1. The summed E-state index contributed by atoms with van der Waals surface area (Å²) in [6.45, 7) is 4.57. The van der Waals surface area contributed by atoms with Gasteiger partial charge in [-0.3, -0.25) is 19.7 Å². The number of furan rings is 2. The molecule has 3 aromatic rings. The quantitative estimate of drug-likeness (QED) is 0.116. The number of nitro groups is 1. The van der Waals surface area contributed by atoms with E-state index in [1.807, 2.05) is 0 Å². The maximum Gasteiger partial charge on any atom is 0.514 e. The highest BCUT2D eigenvalue weighted by atomic mass is 16.7. The number of nitro benzene ring substituents is 1. The average Bonchev–Trinajstić information content (AvgIpc) is 3.49. The summed E-state index contributed by atoms with van der Waals surface area (Å²) in [6, 6.07) is 7.69. The Morgan fingerprint density at radius 2 is 1.79 bits per heavy atom. The Hall–Kier alpha value is -5.01. The summed E-state index contributed by atoms with van der Waals surface area (Å²) in [7, 11) is 1.43. The van der Waals surface area contributed by atoms with Gasteiger partial charge in [0.05, 0.1) is 11.2 Å². The minimum Gasteiger partial charge on any atom is -0.463 e. The molecule has 0 radical (unpaired) electrons. The zero-order chi connectivity index (χ0) is 27.9. The molecule has 0 aliphatic carbocycles. The molecule has 1 aromatic carbocycles. The number of carbonyl (C=O) groups is 3. The first-order valence-electron chi connectivity index (χ1n) is 11.0. The first-order chi connectivity index (χ1) is 17.9. The molecule has 0 saturated carbocycles. The van der Waals surface area contributed by atoms with Crippen molar-refractivity contribution in [2.75, 3.05) is 13.6 Å². The highest BCUT2D eigenvalue weighted by Gasteiger charge is 2.22. The lowest BCUT2D eigenvalue weighted by atomic mass is 10.2. The minimum atomic E-state index is -1.06. The molecule has 1 amide bonds. The zero-order valence-electron chi connectivity index (χ0n) is 20.9. The zero-order valence-corrected chi connectivity index (χ0v) is 20.9. The Morgan fingerprint density at radius 3 is 2.45 bits per heavy atom. The van der Waals surface area contributed by atoms with E-state index in [1.54, 1.807) is 20.8 Å². The maximum absolute atomic E-state index is 12.5. The van der Waals surface area contributed by atoms with Crippen molar-refractivity contribution in [1.82, 2.24) is 4.90 Å². The molecular weight excluding hydrogens is 504 g/mol. The molecule has 14 nitrogen and oxygen atoms in total. The van der Waals surface area contributed by atoms with Crippen molar-refractivity contribution >= 4 is 35.1 Å². The summed E-state index contributed by atoms with van der Waals surface area (Å²) < 4.78 is 25.6. The van der Waals surface area contributed by atoms with Crippen molar-refractivity contribution in [3.05, 3.63) is 70.6 Å². The number of esters is 1. The minimum absolute atomic E-state index is 0.0574. The van der Waals surface area contributed by atoms with E-state index < -0.39 is 28.6 Å². The second-order valence-corrected chi connectivity index (χ2v) is 8.74. The van der Waals surface area contributed by atoms with Gasteiger partial charge < -0.3 is 27.9 Å². The second kappa shape index (κ2) is 11.8. The molecule has 0 saturated heterocycles. The standard InChI is InChI=1S/C24H24N4O10/c1-24(2,3)38-21(29)12-27(4)22(30)19-11-15(13-35-19)25-26-18-9-10-34-20(18)14-36-23(31)37-17-7-5-16(6-8-17)28(32)33/h5-11,13H,12,14H2,1-4H3/b26-25+. The van der Waals surface area contributed by atoms with Gasteiger partial charge in [-0.25, -0.2) is 4.79 Å². The van der Waals surface area contributed by atoms with Crippen molar-refractivity contribution in [2.45, 2.75) is 33.0 Å². The van der Waals surface area contributed by atoms with Crippen LogP contribution in [0.4, 0.5) is 21.9 Å². The topological polar surface area (TPSA) is 176 Å². The number of nitrogens with zero attached hydrogens (tertiary/aromatic N) is 4. The largest absolute Gasteiger partial charge is 0.514 e. The van der Waals surface area contributed by atoms with Gasteiger partial charge in [0.2, 0.25) is 0 Å². The van der Waals surface area contributed by atoms with E-state index in [0.29, 0.717) is 0 Å². The summed E-state index contributed by atoms with van der Waals surface area (Å²) in [5.41, 5.74) is -0.379. The molecule has 0 bridgehead atoms. The van der Waals surface area contributed by atoms with Gasteiger partial charge in [0.1, 0.15) is 35.5 Å². The van der Waals surface area contributed by atoms with Gasteiger partial charge in [-0.2, -0.15) is 0 Å². The van der Waals surface area contributed by atoms with Crippen LogP contribution in [0.2, 0.25) is 0 Å². The number of benzene rings is 1. The van der Waals surface area contributed by atoms with Gasteiger partial charge in [0, 0.05) is 31.3 Å². The number of hydrogen-bond acceptors (Lipinski definition) is 12. The molecule has 14 heteroatoms. The number of azo groups is 1. The Labute approximate surface area is 215 Å². The first kappa shape index (κ1) is 27.6. The van der Waals surface area contributed by atoms with Crippen LogP contribution in [-0.2, 0) is 20.9 Å². The molecule has 2 aromatic heterocycles. The van der Waals surface area contributed by atoms with Crippen LogP contribution in [0, 0.1) is 10.1 Å². The monoisotopic (exact) mass is 528 g/mol. The van der Waals surface area contributed by atoms with Crippen molar-refractivity contribution in [1.29, 1.82) is 0 Å². The van der Waals surface area contributed by atoms with E-state index in [9.17, 15) is 24.5 Å². The SMILES string of the molecule is CN(CC(=O)OC(C)(C)C)C(=O)c1cc(/N=N/c2ccoc2COC(=O)Oc2ccc([N+](=O)[O-])cc2)co1. The lowest BCUT2D eigenvalue weighted by molar-refractivity contribution is -0.384. The molecule has 0 N–H and O–H groups in total. The van der Waals surface area contributed by atoms with E-state index >= 15 is 0 Å². The van der Waals surface area contributed by atoms with E-state index in [-0.39, 0.29) is 47.5 Å². The van der Waals surface area contributed by atoms with Crippen LogP contribution >= 0.6 is 0 Å². The molecule has 2 heterocycles. The first-order valence-corrected chi connectivity index (χ1v) is 11.0. The van der Waals surface area contributed by atoms with Crippen LogP contribution in [0.15, 0.2) is 68.0 Å². The Kier molecular flexibility index (Phi) is 8.57. The van der Waals surface area contributed by atoms with Gasteiger partial charge in [-0.05, 0) is 32.9 Å². The fraction of sp³-hybridized carbons (Fsp3) is 0.292. The lowest BCUT2D eigenvalue weighted by Gasteiger charge is -2.22. The van der Waals surface area contributed by atoms with Gasteiger partial charge in [0.25, 0.3) is 11.6 Å². The molecule has 0 atom stereocenters. The van der Waals surface area contributed by atoms with E-state index in [2.05, 4.69) is 10.2 Å². The van der Waals surface area contributed by atoms with Gasteiger partial charge in [0.15, 0.2) is 18.1 Å². The normalized spacial score (nSPS) is 11.3. The van der Waals surface area contributed by atoms with E-state index in [0.717, 1.165) is 4.90 Å². The number of non-ortho nitro benzene ring substituents is 1. The number of rotatable bonds is 9. The predicted molar refractivity (Wildman–Crippen MR) is 128 cm³/mol. The molecule has 3 rings (SSSR count). The van der Waals surface area contributed by atoms with Crippen LogP contribution in [-0.4, -0.2) is 47.0 Å². The molecule has 0 fully saturated rings. The number of hydrogen-bond donors (Lipinski definition) is 0. The fourth-order valence-electron chi connectivity index (χ4n) is 2.85. The van der Waals surface area contributed by atoms with E-state index in [1.165, 1.54) is 56.0 Å². The third kappa shape index (κ3) is 8.01. The Bertz CT molecular complexity index is 1330. The number of likely N-dealkylation sites (N-methyl/N-ethyl adjacent to an activating group) is 1. The van der Waals surface area contributed by atoms with Crippen LogP contribution in [0.25, 0.3) is 0 Å². The number of ether oxygens (including phenoxy) is 3. The summed E-state index contributed by atoms with van der Waals surface area (Å²) >= 11 is 0. The predicted octanol–water partition coefficient (Wildman–Crippen LogP) is 5.33. The second-order valence-electron chi connectivity index (χ2n) is 8.74. The maximum atomic E-state index is 12.5. The fourth-order valence-corrected chi connectivity index (χ4v) is 2.85. The molecule has 38 heavy (non-hydrogen) atoms. The van der Waals surface area contributed by atoms with Crippen LogP contribution in [0.3, 0.4) is 0 Å². The summed E-state index contributed by atoms with van der Waals surface area (Å²) in [4.78, 5) is 47.6. The van der Waals surface area contributed by atoms with E-state index in [4.69, 9.17) is 23.0 Å². The van der Waals surface area contributed by atoms with Gasteiger partial charge in [-0.1, -0.05) is 0 Å². The summed E-state index contributed by atoms with van der Waals surface area (Å²) in [6.07, 6.45) is 1.45. The van der Waals surface area contributed by atoms with Crippen LogP contribution < -0.4 is 4.74 Å². The van der Waals surface area contributed by atoms with Crippen LogP contribution in [0.1, 0.15) is 37.1 Å². The highest BCUT2D eigenvalue weighted by molar-refractivity contribution is 5.94. The van der Waals surface area contributed by atoms with Gasteiger partial charge >= 0.3 is 12.1 Å².